The molecule has 2 unspecified atom stereocenters. The second-order valence-corrected chi connectivity index (χ2v) is 8.10. The Balaban J connectivity index is 1.67. The van der Waals surface area contributed by atoms with Gasteiger partial charge in [-0.15, -0.1) is 0 Å². The molecule has 1 heterocycles. The van der Waals surface area contributed by atoms with E-state index in [4.69, 9.17) is 16.3 Å². The van der Waals surface area contributed by atoms with Crippen LogP contribution in [-0.4, -0.2) is 23.2 Å². The average Bonchev–Trinajstić information content (AvgIpc) is 2.73. The first-order chi connectivity index (χ1) is 14.9. The smallest absolute Gasteiger partial charge is 0.288 e. The van der Waals surface area contributed by atoms with Gasteiger partial charge < -0.3 is 10.1 Å². The van der Waals surface area contributed by atoms with E-state index < -0.39 is 10.8 Å². The Morgan fingerprint density at radius 2 is 1.81 bits per heavy atom. The Labute approximate surface area is 184 Å². The van der Waals surface area contributed by atoms with E-state index in [1.54, 1.807) is 6.07 Å². The molecule has 1 amide bonds. The van der Waals surface area contributed by atoms with Crippen molar-refractivity contribution in [2.24, 2.45) is 0 Å². The number of nitrogens with one attached hydrogen (secondary N) is 1. The normalized spacial score (nSPS) is 20.8. The van der Waals surface area contributed by atoms with Gasteiger partial charge in [0.25, 0.3) is 5.69 Å². The summed E-state index contributed by atoms with van der Waals surface area (Å²) in [5.74, 6) is -0.0677. The maximum atomic E-state index is 13.2. The minimum atomic E-state index is -0.561. The molecule has 0 saturated heterocycles. The summed E-state index contributed by atoms with van der Waals surface area (Å²) in [5, 5.41) is 14.2. The number of amides is 1. The quantitative estimate of drug-likeness (QED) is 0.539. The fraction of sp³-hybridized carbons (Fsp3) is 0.304. The highest BCUT2D eigenvalue weighted by molar-refractivity contribution is 6.32. The number of carbonyl (C=O) groups excluding carboxylic acids is 2. The number of nitro groups is 1. The Bertz CT molecular complexity index is 1090. The van der Waals surface area contributed by atoms with Crippen molar-refractivity contribution in [1.82, 2.24) is 5.32 Å². The van der Waals surface area contributed by atoms with Gasteiger partial charge in [0.1, 0.15) is 10.8 Å². The van der Waals surface area contributed by atoms with Crippen LogP contribution < -0.4 is 10.1 Å². The number of benzene rings is 2. The first kappa shape index (κ1) is 21.1. The highest BCUT2D eigenvalue weighted by Gasteiger charge is 2.38. The van der Waals surface area contributed by atoms with Gasteiger partial charge in [-0.1, -0.05) is 29.8 Å². The van der Waals surface area contributed by atoms with Crippen LogP contribution >= 0.6 is 11.6 Å². The van der Waals surface area contributed by atoms with Gasteiger partial charge in [-0.3, -0.25) is 19.7 Å². The first-order valence-electron chi connectivity index (χ1n) is 10.1. The maximum absolute atomic E-state index is 13.2. The van der Waals surface area contributed by atoms with Crippen molar-refractivity contribution in [2.45, 2.75) is 38.0 Å². The van der Waals surface area contributed by atoms with Crippen molar-refractivity contribution < 1.29 is 19.2 Å². The number of halogens is 1. The molecule has 0 aromatic heterocycles. The molecule has 0 fully saturated rings. The van der Waals surface area contributed by atoms with E-state index in [0.29, 0.717) is 36.3 Å². The minimum absolute atomic E-state index is 0.0220. The Morgan fingerprint density at radius 3 is 2.48 bits per heavy atom. The molecule has 2 aromatic carbocycles. The number of allylic oxidation sites excluding steroid dienone is 2. The predicted molar refractivity (Wildman–Crippen MR) is 115 cm³/mol. The number of hydrogen-bond acceptors (Lipinski definition) is 5. The molecule has 160 valence electrons. The van der Waals surface area contributed by atoms with E-state index in [1.165, 1.54) is 12.1 Å². The molecule has 8 heteroatoms. The molecule has 1 aliphatic carbocycles. The fourth-order valence-corrected chi connectivity index (χ4v) is 4.56. The van der Waals surface area contributed by atoms with Crippen LogP contribution in [0.2, 0.25) is 5.02 Å². The predicted octanol–water partition coefficient (Wildman–Crippen LogP) is 4.65. The summed E-state index contributed by atoms with van der Waals surface area (Å²) in [6, 6.07) is 12.1. The van der Waals surface area contributed by atoms with Crippen LogP contribution in [0.1, 0.15) is 49.1 Å². The van der Waals surface area contributed by atoms with Crippen LogP contribution in [0.3, 0.4) is 0 Å². The Hall–Kier alpha value is -3.19. The Morgan fingerprint density at radius 1 is 1.10 bits per heavy atom. The molecule has 1 N–H and O–H groups in total. The molecule has 1 aliphatic heterocycles. The number of rotatable bonds is 5. The number of carbonyl (C=O) groups is 2. The van der Waals surface area contributed by atoms with Gasteiger partial charge in [-0.25, -0.2) is 0 Å². The van der Waals surface area contributed by atoms with Crippen LogP contribution in [0, 0.1) is 10.1 Å². The van der Waals surface area contributed by atoms with Gasteiger partial charge in [0.2, 0.25) is 5.91 Å². The average molecular weight is 441 g/mol. The molecule has 2 aliphatic rings. The van der Waals surface area contributed by atoms with Gasteiger partial charge in [0, 0.05) is 36.1 Å². The molecule has 4 rings (SSSR count). The second-order valence-electron chi connectivity index (χ2n) is 7.70. The van der Waals surface area contributed by atoms with Crippen molar-refractivity contribution >= 4 is 29.0 Å². The highest BCUT2D eigenvalue weighted by atomic mass is 35.5. The molecule has 0 spiro atoms. The minimum Gasteiger partial charge on any atom is -0.494 e. The van der Waals surface area contributed by atoms with Crippen molar-refractivity contribution in [3.05, 3.63) is 80.0 Å². The van der Waals surface area contributed by atoms with Gasteiger partial charge >= 0.3 is 0 Å². The number of hydrogen-bond donors (Lipinski definition) is 1. The SMILES string of the molecule is CCOc1ccc(C2CC(=O)C3=C(C2)NC(=O)CC3c2ccc(Cl)c([N+](=O)[O-])c2)cc1. The van der Waals surface area contributed by atoms with Gasteiger partial charge in [0.15, 0.2) is 5.78 Å². The lowest BCUT2D eigenvalue weighted by atomic mass is 9.73. The summed E-state index contributed by atoms with van der Waals surface area (Å²) < 4.78 is 5.48. The number of nitrogens with zero attached hydrogens (tertiary/aromatic N) is 1. The summed E-state index contributed by atoms with van der Waals surface area (Å²) in [4.78, 5) is 36.3. The van der Waals surface area contributed by atoms with E-state index in [-0.39, 0.29) is 34.7 Å². The van der Waals surface area contributed by atoms with Crippen molar-refractivity contribution in [3.63, 3.8) is 0 Å². The van der Waals surface area contributed by atoms with E-state index in [0.717, 1.165) is 11.3 Å². The van der Waals surface area contributed by atoms with Crippen molar-refractivity contribution in [2.75, 3.05) is 6.61 Å². The third kappa shape index (κ3) is 4.18. The lowest BCUT2D eigenvalue weighted by Gasteiger charge is -2.34. The third-order valence-corrected chi connectivity index (χ3v) is 6.09. The van der Waals surface area contributed by atoms with Gasteiger partial charge in [0.05, 0.1) is 11.5 Å². The zero-order chi connectivity index (χ0) is 22.1. The summed E-state index contributed by atoms with van der Waals surface area (Å²) in [6.07, 6.45) is 0.902. The molecule has 0 radical (unpaired) electrons. The highest BCUT2D eigenvalue weighted by Crippen LogP contribution is 2.43. The lowest BCUT2D eigenvalue weighted by Crippen LogP contribution is -2.38. The number of ketones is 1. The molecule has 2 atom stereocenters. The topological polar surface area (TPSA) is 98.5 Å². The van der Waals surface area contributed by atoms with E-state index in [1.807, 2.05) is 31.2 Å². The van der Waals surface area contributed by atoms with Crippen molar-refractivity contribution in [3.8, 4) is 5.75 Å². The van der Waals surface area contributed by atoms with Crippen LogP contribution in [0.15, 0.2) is 53.7 Å². The number of nitro benzene ring substituents is 1. The van der Waals surface area contributed by atoms with Crippen LogP contribution in [0.5, 0.6) is 5.75 Å². The number of ether oxygens (including phenoxy) is 1. The molecule has 0 saturated carbocycles. The van der Waals surface area contributed by atoms with Gasteiger partial charge in [-0.05, 0) is 48.6 Å². The van der Waals surface area contributed by atoms with E-state index in [9.17, 15) is 19.7 Å². The summed E-state index contributed by atoms with van der Waals surface area (Å²) >= 11 is 5.93. The Kier molecular flexibility index (Phi) is 5.78. The summed E-state index contributed by atoms with van der Waals surface area (Å²) in [5.41, 5.74) is 2.46. The zero-order valence-corrected chi connectivity index (χ0v) is 17.6. The van der Waals surface area contributed by atoms with Crippen LogP contribution in [0.25, 0.3) is 0 Å². The van der Waals surface area contributed by atoms with E-state index in [2.05, 4.69) is 5.32 Å². The van der Waals surface area contributed by atoms with Crippen LogP contribution in [0.4, 0.5) is 5.69 Å². The molecule has 31 heavy (non-hydrogen) atoms. The molecule has 0 bridgehead atoms. The first-order valence-corrected chi connectivity index (χ1v) is 10.5. The fourth-order valence-electron chi connectivity index (χ4n) is 4.37. The van der Waals surface area contributed by atoms with Crippen LogP contribution in [-0.2, 0) is 9.59 Å². The van der Waals surface area contributed by atoms with E-state index >= 15 is 0 Å². The van der Waals surface area contributed by atoms with Crippen molar-refractivity contribution in [1.29, 1.82) is 0 Å². The molecule has 7 nitrogen and oxygen atoms in total. The molecule has 2 aromatic rings. The summed E-state index contributed by atoms with van der Waals surface area (Å²) in [6.45, 7) is 2.49. The lowest BCUT2D eigenvalue weighted by molar-refractivity contribution is -0.384. The number of Topliss-reactive ketones (excluding diaryl/α,β-unsaturated/α-hetero) is 1. The summed E-state index contributed by atoms with van der Waals surface area (Å²) in [7, 11) is 0. The third-order valence-electron chi connectivity index (χ3n) is 5.77. The monoisotopic (exact) mass is 440 g/mol. The second kappa shape index (κ2) is 8.51. The largest absolute Gasteiger partial charge is 0.494 e. The molecular weight excluding hydrogens is 420 g/mol. The molecular formula is C23H21ClN2O5. The standard InChI is InChI=1S/C23H21ClN2O5/c1-2-31-16-6-3-13(4-7-16)15-9-19-23(21(27)11-15)17(12-22(28)25-19)14-5-8-18(24)20(10-14)26(29)30/h3-8,10,15,17H,2,9,11-12H2,1H3,(H,25,28). The maximum Gasteiger partial charge on any atom is 0.288 e. The zero-order valence-electron chi connectivity index (χ0n) is 16.9. The van der Waals surface area contributed by atoms with Gasteiger partial charge in [-0.2, -0.15) is 0 Å².